The number of benzene rings is 1. The second kappa shape index (κ2) is 8.65. The molecule has 0 atom stereocenters. The van der Waals surface area contributed by atoms with E-state index in [1.807, 2.05) is 30.3 Å². The molecule has 0 radical (unpaired) electrons. The van der Waals surface area contributed by atoms with Crippen molar-refractivity contribution in [3.05, 3.63) is 42.0 Å². The van der Waals surface area contributed by atoms with Crippen LogP contribution in [-0.2, 0) is 14.4 Å². The molecule has 2 aliphatic rings. The Morgan fingerprint density at radius 3 is 2.38 bits per heavy atom. The van der Waals surface area contributed by atoms with E-state index in [2.05, 4.69) is 10.6 Å². The van der Waals surface area contributed by atoms with Crippen molar-refractivity contribution in [1.29, 1.82) is 0 Å². The molecule has 1 aromatic rings. The minimum atomic E-state index is -0.291. The molecule has 1 aliphatic carbocycles. The number of nitrogens with one attached hydrogen (secondary N) is 2. The van der Waals surface area contributed by atoms with Crippen LogP contribution in [0.4, 0.5) is 0 Å². The summed E-state index contributed by atoms with van der Waals surface area (Å²) in [6.07, 6.45) is 6.68. The van der Waals surface area contributed by atoms with Crippen LogP contribution in [0.25, 0.3) is 6.08 Å². The van der Waals surface area contributed by atoms with Gasteiger partial charge in [-0.05, 0) is 37.3 Å². The normalized spacial score (nSPS) is 17.9. The molecule has 0 unspecified atom stereocenters. The van der Waals surface area contributed by atoms with Crippen LogP contribution in [0.15, 0.2) is 36.4 Å². The first-order valence-corrected chi connectivity index (χ1v) is 9.21. The highest BCUT2D eigenvalue weighted by atomic mass is 16.2. The van der Waals surface area contributed by atoms with Gasteiger partial charge in [0.05, 0.1) is 6.54 Å². The van der Waals surface area contributed by atoms with E-state index in [1.54, 1.807) is 11.0 Å². The van der Waals surface area contributed by atoms with Crippen molar-refractivity contribution in [3.63, 3.8) is 0 Å². The van der Waals surface area contributed by atoms with Crippen molar-refractivity contribution >= 4 is 23.8 Å². The summed E-state index contributed by atoms with van der Waals surface area (Å²) in [4.78, 5) is 37.8. The lowest BCUT2D eigenvalue weighted by Crippen LogP contribution is -2.46. The highest BCUT2D eigenvalue weighted by Gasteiger charge is 2.30. The Labute approximate surface area is 153 Å². The Morgan fingerprint density at radius 1 is 1.04 bits per heavy atom. The van der Waals surface area contributed by atoms with Gasteiger partial charge in [0, 0.05) is 31.1 Å². The van der Waals surface area contributed by atoms with Gasteiger partial charge in [0.1, 0.15) is 0 Å². The summed E-state index contributed by atoms with van der Waals surface area (Å²) in [7, 11) is 0. The van der Waals surface area contributed by atoms with Crippen molar-refractivity contribution < 1.29 is 14.4 Å². The fourth-order valence-corrected chi connectivity index (χ4v) is 3.01. The van der Waals surface area contributed by atoms with Gasteiger partial charge < -0.3 is 15.5 Å². The lowest BCUT2D eigenvalue weighted by atomic mass is 9.96. The summed E-state index contributed by atoms with van der Waals surface area (Å²) in [5.41, 5.74) is 0.931. The number of amides is 3. The topological polar surface area (TPSA) is 78.5 Å². The largest absolute Gasteiger partial charge is 0.353 e. The molecular weight excluding hydrogens is 330 g/mol. The molecule has 6 heteroatoms. The zero-order valence-corrected chi connectivity index (χ0v) is 14.8. The molecule has 1 saturated heterocycles. The predicted molar refractivity (Wildman–Crippen MR) is 99.0 cm³/mol. The van der Waals surface area contributed by atoms with Crippen LogP contribution >= 0.6 is 0 Å². The minimum Gasteiger partial charge on any atom is -0.353 e. The number of hydrogen-bond acceptors (Lipinski definition) is 3. The van der Waals surface area contributed by atoms with Crippen molar-refractivity contribution in [1.82, 2.24) is 15.5 Å². The highest BCUT2D eigenvalue weighted by molar-refractivity contribution is 5.94. The fourth-order valence-electron chi connectivity index (χ4n) is 3.01. The van der Waals surface area contributed by atoms with Crippen LogP contribution < -0.4 is 10.6 Å². The van der Waals surface area contributed by atoms with Gasteiger partial charge in [-0.2, -0.15) is 0 Å². The summed E-state index contributed by atoms with van der Waals surface area (Å²) in [6.45, 7) is 1.12. The molecular formula is C20H25N3O3. The number of carbonyl (C=O) groups is 3. The first-order valence-electron chi connectivity index (χ1n) is 9.21. The van der Waals surface area contributed by atoms with Gasteiger partial charge in [0.25, 0.3) is 0 Å². The third kappa shape index (κ3) is 5.44. The molecule has 6 nitrogen and oxygen atoms in total. The van der Waals surface area contributed by atoms with Crippen molar-refractivity contribution in [2.45, 2.75) is 31.7 Å². The zero-order chi connectivity index (χ0) is 18.4. The first kappa shape index (κ1) is 18.2. The molecule has 0 bridgehead atoms. The molecule has 26 heavy (non-hydrogen) atoms. The van der Waals surface area contributed by atoms with Gasteiger partial charge in [-0.25, -0.2) is 0 Å². The van der Waals surface area contributed by atoms with E-state index in [1.165, 1.54) is 6.08 Å². The third-order valence-electron chi connectivity index (χ3n) is 4.78. The Morgan fingerprint density at radius 2 is 1.73 bits per heavy atom. The van der Waals surface area contributed by atoms with Crippen LogP contribution in [0.2, 0.25) is 0 Å². The minimum absolute atomic E-state index is 0.00282. The van der Waals surface area contributed by atoms with Gasteiger partial charge in [0.2, 0.25) is 17.7 Å². The number of nitrogens with zero attached hydrogens (tertiary/aromatic N) is 1. The number of carbonyl (C=O) groups excluding carboxylic acids is 3. The number of hydrogen-bond donors (Lipinski definition) is 2. The van der Waals surface area contributed by atoms with E-state index in [4.69, 9.17) is 0 Å². The second-order valence-electron chi connectivity index (χ2n) is 6.90. The molecule has 2 fully saturated rings. The molecule has 1 saturated carbocycles. The maximum atomic E-state index is 12.2. The molecule has 0 aromatic heterocycles. The number of piperidine rings is 1. The summed E-state index contributed by atoms with van der Waals surface area (Å²) < 4.78 is 0. The highest BCUT2D eigenvalue weighted by Crippen LogP contribution is 2.22. The lowest BCUT2D eigenvalue weighted by molar-refractivity contribution is -0.135. The average molecular weight is 355 g/mol. The fraction of sp³-hybridized carbons (Fsp3) is 0.450. The molecule has 3 rings (SSSR count). The van der Waals surface area contributed by atoms with Crippen LogP contribution in [0.1, 0.15) is 31.2 Å². The van der Waals surface area contributed by atoms with Gasteiger partial charge in [-0.1, -0.05) is 30.3 Å². The van der Waals surface area contributed by atoms with Crippen molar-refractivity contribution in [2.75, 3.05) is 19.6 Å². The van der Waals surface area contributed by atoms with E-state index in [0.29, 0.717) is 32.0 Å². The van der Waals surface area contributed by atoms with E-state index in [0.717, 1.165) is 18.4 Å². The van der Waals surface area contributed by atoms with Crippen LogP contribution in [-0.4, -0.2) is 48.3 Å². The predicted octanol–water partition coefficient (Wildman–Crippen LogP) is 1.33. The van der Waals surface area contributed by atoms with E-state index < -0.39 is 0 Å². The zero-order valence-electron chi connectivity index (χ0n) is 14.8. The van der Waals surface area contributed by atoms with Crippen LogP contribution in [0.3, 0.4) is 0 Å². The van der Waals surface area contributed by atoms with Crippen molar-refractivity contribution in [2.24, 2.45) is 5.92 Å². The van der Waals surface area contributed by atoms with Gasteiger partial charge in [-0.15, -0.1) is 0 Å². The summed E-state index contributed by atoms with van der Waals surface area (Å²) >= 11 is 0. The number of rotatable bonds is 6. The quantitative estimate of drug-likeness (QED) is 0.756. The number of likely N-dealkylation sites (tertiary alicyclic amines) is 1. The maximum Gasteiger partial charge on any atom is 0.244 e. The monoisotopic (exact) mass is 355 g/mol. The molecule has 1 heterocycles. The smallest absolute Gasteiger partial charge is 0.244 e. The molecule has 1 aliphatic heterocycles. The summed E-state index contributed by atoms with van der Waals surface area (Å²) in [5.74, 6) is -0.268. The molecule has 1 aromatic carbocycles. The van der Waals surface area contributed by atoms with E-state index >= 15 is 0 Å². The van der Waals surface area contributed by atoms with Gasteiger partial charge in [0.15, 0.2) is 0 Å². The summed E-state index contributed by atoms with van der Waals surface area (Å²) in [5, 5.41) is 5.65. The molecule has 138 valence electrons. The van der Waals surface area contributed by atoms with E-state index in [-0.39, 0.29) is 30.2 Å². The lowest BCUT2D eigenvalue weighted by Gasteiger charge is -2.31. The Balaban J connectivity index is 1.36. The van der Waals surface area contributed by atoms with E-state index in [9.17, 15) is 14.4 Å². The Hall–Kier alpha value is -2.63. The third-order valence-corrected chi connectivity index (χ3v) is 4.78. The van der Waals surface area contributed by atoms with Gasteiger partial charge in [-0.3, -0.25) is 14.4 Å². The standard InChI is InChI=1S/C20H25N3O3/c24-18(9-6-15-4-2-1-3-5-15)21-14-19(25)23-12-10-16(11-13-23)20(26)22-17-7-8-17/h1-6,9,16-17H,7-8,10-14H2,(H,21,24)(H,22,26)/b9-6+. The molecule has 0 spiro atoms. The molecule has 2 N–H and O–H groups in total. The first-order chi connectivity index (χ1) is 12.6. The second-order valence-corrected chi connectivity index (χ2v) is 6.90. The maximum absolute atomic E-state index is 12.2. The summed E-state index contributed by atoms with van der Waals surface area (Å²) in [6, 6.07) is 9.89. The Kier molecular flexibility index (Phi) is 6.04. The average Bonchev–Trinajstić information content (AvgIpc) is 3.49. The van der Waals surface area contributed by atoms with Crippen molar-refractivity contribution in [3.8, 4) is 0 Å². The van der Waals surface area contributed by atoms with Gasteiger partial charge >= 0.3 is 0 Å². The van der Waals surface area contributed by atoms with Crippen LogP contribution in [0, 0.1) is 5.92 Å². The SMILES string of the molecule is O=C(/C=C/c1ccccc1)NCC(=O)N1CCC(C(=O)NC2CC2)CC1. The Bertz CT molecular complexity index is 675. The van der Waals surface area contributed by atoms with Crippen LogP contribution in [0.5, 0.6) is 0 Å². The molecule has 3 amide bonds.